The first-order chi connectivity index (χ1) is 11.2. The quantitative estimate of drug-likeness (QED) is 0.586. The molecule has 0 saturated carbocycles. The van der Waals surface area contributed by atoms with Crippen LogP contribution in [-0.2, 0) is 0 Å². The third-order valence-corrected chi connectivity index (χ3v) is 3.25. The van der Waals surface area contributed by atoms with Crippen molar-refractivity contribution in [3.05, 3.63) is 77.3 Å². The number of rotatable bonds is 4. The average molecular weight is 326 g/mol. The Kier molecular flexibility index (Phi) is 4.49. The topological polar surface area (TPSA) is 67.5 Å². The summed E-state index contributed by atoms with van der Waals surface area (Å²) < 4.78 is 5.64. The van der Waals surface area contributed by atoms with Gasteiger partial charge in [0.2, 0.25) is 0 Å². The Morgan fingerprint density at radius 2 is 2.13 bits per heavy atom. The highest BCUT2D eigenvalue weighted by atomic mass is 35.5. The summed E-state index contributed by atoms with van der Waals surface area (Å²) >= 11 is 5.96. The fourth-order valence-corrected chi connectivity index (χ4v) is 2.13. The van der Waals surface area contributed by atoms with Gasteiger partial charge in [0.15, 0.2) is 0 Å². The molecule has 2 heterocycles. The lowest BCUT2D eigenvalue weighted by Gasteiger charge is -1.98. The molecule has 2 aromatic heterocycles. The zero-order valence-corrected chi connectivity index (χ0v) is 12.7. The number of amides is 1. The van der Waals surface area contributed by atoms with Gasteiger partial charge in [-0.05, 0) is 36.4 Å². The molecular formula is C17H12ClN3O2. The fourth-order valence-electron chi connectivity index (χ4n) is 1.94. The lowest BCUT2D eigenvalue weighted by molar-refractivity contribution is 0.0955. The number of benzene rings is 1. The van der Waals surface area contributed by atoms with Gasteiger partial charge in [-0.25, -0.2) is 5.43 Å². The van der Waals surface area contributed by atoms with Gasteiger partial charge in [0, 0.05) is 23.0 Å². The Morgan fingerprint density at radius 3 is 2.91 bits per heavy atom. The van der Waals surface area contributed by atoms with Gasteiger partial charge < -0.3 is 4.42 Å². The number of furan rings is 1. The van der Waals surface area contributed by atoms with Crippen LogP contribution in [0.25, 0.3) is 11.3 Å². The van der Waals surface area contributed by atoms with Crippen molar-refractivity contribution in [2.45, 2.75) is 0 Å². The highest BCUT2D eigenvalue weighted by Crippen LogP contribution is 2.24. The second-order valence-corrected chi connectivity index (χ2v) is 5.09. The summed E-state index contributed by atoms with van der Waals surface area (Å²) in [5.41, 5.74) is 3.72. The number of nitrogens with zero attached hydrogens (tertiary/aromatic N) is 2. The molecule has 0 unspecified atom stereocenters. The van der Waals surface area contributed by atoms with Crippen LogP contribution in [0.15, 0.2) is 70.4 Å². The van der Waals surface area contributed by atoms with Crippen molar-refractivity contribution in [2.24, 2.45) is 5.10 Å². The monoisotopic (exact) mass is 325 g/mol. The van der Waals surface area contributed by atoms with Crippen LogP contribution in [0.3, 0.4) is 0 Å². The number of halogens is 1. The normalized spacial score (nSPS) is 10.8. The first kappa shape index (κ1) is 15.0. The number of carbonyl (C=O) groups excluding carboxylic acids is 1. The van der Waals surface area contributed by atoms with Crippen LogP contribution in [0, 0.1) is 0 Å². The zero-order chi connectivity index (χ0) is 16.1. The van der Waals surface area contributed by atoms with E-state index in [4.69, 9.17) is 16.0 Å². The lowest BCUT2D eigenvalue weighted by atomic mass is 10.2. The van der Waals surface area contributed by atoms with E-state index in [2.05, 4.69) is 15.5 Å². The first-order valence-corrected chi connectivity index (χ1v) is 7.19. The van der Waals surface area contributed by atoms with E-state index in [0.717, 1.165) is 5.56 Å². The van der Waals surface area contributed by atoms with Gasteiger partial charge in [0.05, 0.1) is 11.8 Å². The third-order valence-electron chi connectivity index (χ3n) is 3.02. The van der Waals surface area contributed by atoms with Crippen molar-refractivity contribution in [2.75, 3.05) is 0 Å². The van der Waals surface area contributed by atoms with Gasteiger partial charge in [-0.2, -0.15) is 5.10 Å². The number of hydrogen-bond acceptors (Lipinski definition) is 4. The lowest BCUT2D eigenvalue weighted by Crippen LogP contribution is -2.17. The van der Waals surface area contributed by atoms with Crippen molar-refractivity contribution in [3.8, 4) is 11.3 Å². The van der Waals surface area contributed by atoms with Gasteiger partial charge in [-0.3, -0.25) is 9.78 Å². The molecule has 0 atom stereocenters. The highest BCUT2D eigenvalue weighted by molar-refractivity contribution is 6.30. The molecule has 0 spiro atoms. The Balaban J connectivity index is 1.66. The molecule has 0 saturated heterocycles. The van der Waals surface area contributed by atoms with E-state index in [1.807, 2.05) is 24.3 Å². The maximum Gasteiger partial charge on any atom is 0.272 e. The van der Waals surface area contributed by atoms with Crippen molar-refractivity contribution >= 4 is 23.7 Å². The Labute approximate surface area is 137 Å². The van der Waals surface area contributed by atoms with Crippen LogP contribution in [0.1, 0.15) is 16.1 Å². The smallest absolute Gasteiger partial charge is 0.272 e. The molecule has 6 heteroatoms. The van der Waals surface area contributed by atoms with Gasteiger partial charge in [-0.15, -0.1) is 0 Å². The van der Waals surface area contributed by atoms with Crippen molar-refractivity contribution in [1.82, 2.24) is 10.4 Å². The number of aromatic nitrogens is 1. The summed E-state index contributed by atoms with van der Waals surface area (Å²) in [6.07, 6.45) is 4.50. The van der Waals surface area contributed by atoms with E-state index in [1.165, 1.54) is 12.4 Å². The number of pyridine rings is 1. The maximum absolute atomic E-state index is 11.8. The van der Waals surface area contributed by atoms with E-state index in [0.29, 0.717) is 22.1 Å². The molecule has 5 nitrogen and oxygen atoms in total. The molecule has 0 aliphatic rings. The number of nitrogens with one attached hydrogen (secondary N) is 1. The van der Waals surface area contributed by atoms with Crippen LogP contribution >= 0.6 is 11.6 Å². The largest absolute Gasteiger partial charge is 0.455 e. The molecule has 0 radical (unpaired) electrons. The molecular weight excluding hydrogens is 314 g/mol. The standard InChI is InChI=1S/C17H12ClN3O2/c18-14-5-1-3-12(9-14)16-7-6-15(23-16)11-20-21-17(22)13-4-2-8-19-10-13/h1-11H,(H,21,22)/b20-11-. The molecule has 1 N–H and O–H groups in total. The van der Waals surface area contributed by atoms with E-state index >= 15 is 0 Å². The SMILES string of the molecule is O=C(N/N=C\c1ccc(-c2cccc(Cl)c2)o1)c1cccnc1. The van der Waals surface area contributed by atoms with Crippen molar-refractivity contribution in [1.29, 1.82) is 0 Å². The minimum absolute atomic E-state index is 0.337. The fraction of sp³-hybridized carbons (Fsp3) is 0. The molecule has 114 valence electrons. The summed E-state index contributed by atoms with van der Waals surface area (Å²) in [5, 5.41) is 4.51. The molecule has 1 amide bonds. The summed E-state index contributed by atoms with van der Waals surface area (Å²) in [4.78, 5) is 15.7. The van der Waals surface area contributed by atoms with Gasteiger partial charge in [-0.1, -0.05) is 23.7 Å². The molecule has 0 bridgehead atoms. The second-order valence-electron chi connectivity index (χ2n) is 4.65. The molecule has 0 fully saturated rings. The molecule has 3 rings (SSSR count). The molecule has 0 aliphatic heterocycles. The average Bonchev–Trinajstić information content (AvgIpc) is 3.04. The van der Waals surface area contributed by atoms with Gasteiger partial charge in [0.1, 0.15) is 11.5 Å². The molecule has 3 aromatic rings. The Hall–Kier alpha value is -2.92. The summed E-state index contributed by atoms with van der Waals surface area (Å²) in [6.45, 7) is 0. The molecule has 1 aromatic carbocycles. The minimum atomic E-state index is -0.337. The first-order valence-electron chi connectivity index (χ1n) is 6.81. The number of hydrazone groups is 1. The molecule has 23 heavy (non-hydrogen) atoms. The summed E-state index contributed by atoms with van der Waals surface area (Å²) in [7, 11) is 0. The Morgan fingerprint density at radius 1 is 1.22 bits per heavy atom. The minimum Gasteiger partial charge on any atom is -0.455 e. The number of carbonyl (C=O) groups is 1. The van der Waals surface area contributed by atoms with E-state index in [1.54, 1.807) is 30.5 Å². The van der Waals surface area contributed by atoms with Crippen molar-refractivity contribution < 1.29 is 9.21 Å². The van der Waals surface area contributed by atoms with Crippen molar-refractivity contribution in [3.63, 3.8) is 0 Å². The zero-order valence-electron chi connectivity index (χ0n) is 11.9. The molecule has 0 aliphatic carbocycles. The summed E-state index contributed by atoms with van der Waals surface area (Å²) in [5.74, 6) is 0.856. The van der Waals surface area contributed by atoms with Gasteiger partial charge >= 0.3 is 0 Å². The van der Waals surface area contributed by atoms with Gasteiger partial charge in [0.25, 0.3) is 5.91 Å². The maximum atomic E-state index is 11.8. The summed E-state index contributed by atoms with van der Waals surface area (Å²) in [6, 6.07) is 14.3. The van der Waals surface area contributed by atoms with E-state index in [9.17, 15) is 4.79 Å². The predicted molar refractivity (Wildman–Crippen MR) is 88.5 cm³/mol. The van der Waals surface area contributed by atoms with E-state index < -0.39 is 0 Å². The highest BCUT2D eigenvalue weighted by Gasteiger charge is 2.05. The number of hydrogen-bond donors (Lipinski definition) is 1. The van der Waals surface area contributed by atoms with Crippen LogP contribution < -0.4 is 5.43 Å². The van der Waals surface area contributed by atoms with E-state index in [-0.39, 0.29) is 5.91 Å². The van der Waals surface area contributed by atoms with Crippen LogP contribution in [-0.4, -0.2) is 17.1 Å². The predicted octanol–water partition coefficient (Wildman–Crippen LogP) is 3.76. The Bertz CT molecular complexity index is 844. The van der Waals surface area contributed by atoms with Crippen LogP contribution in [0.5, 0.6) is 0 Å². The third kappa shape index (κ3) is 3.84. The van der Waals surface area contributed by atoms with Crippen LogP contribution in [0.4, 0.5) is 0 Å². The second kappa shape index (κ2) is 6.89. The van der Waals surface area contributed by atoms with Crippen LogP contribution in [0.2, 0.25) is 5.02 Å².